The predicted octanol–water partition coefficient (Wildman–Crippen LogP) is 1.59. The van der Waals surface area contributed by atoms with Crippen molar-refractivity contribution in [2.45, 2.75) is 0 Å². The first kappa shape index (κ1) is 12.7. The highest BCUT2D eigenvalue weighted by Gasteiger charge is 2.19. The van der Waals surface area contributed by atoms with Crippen LogP contribution in [-0.2, 0) is 0 Å². The molecule has 2 aromatic heterocycles. The van der Waals surface area contributed by atoms with Crippen LogP contribution in [0.25, 0.3) is 11.0 Å². The summed E-state index contributed by atoms with van der Waals surface area (Å²) in [5.74, 6) is -0.789. The van der Waals surface area contributed by atoms with E-state index in [4.69, 9.17) is 4.42 Å². The molecule has 0 aliphatic heterocycles. The van der Waals surface area contributed by atoms with E-state index in [0.29, 0.717) is 11.0 Å². The fourth-order valence-corrected chi connectivity index (χ4v) is 1.85. The molecule has 0 amide bonds. The van der Waals surface area contributed by atoms with Gasteiger partial charge >= 0.3 is 11.3 Å². The van der Waals surface area contributed by atoms with E-state index in [9.17, 15) is 19.7 Å². The van der Waals surface area contributed by atoms with Crippen LogP contribution in [0.3, 0.4) is 0 Å². The molecule has 0 saturated heterocycles. The minimum Gasteiger partial charge on any atom is -0.422 e. The van der Waals surface area contributed by atoms with Crippen molar-refractivity contribution in [3.63, 3.8) is 0 Å². The Balaban J connectivity index is 2.10. The van der Waals surface area contributed by atoms with Crippen LogP contribution in [0.2, 0.25) is 0 Å². The summed E-state index contributed by atoms with van der Waals surface area (Å²) < 4.78 is 5.77. The predicted molar refractivity (Wildman–Crippen MR) is 71.1 cm³/mol. The summed E-state index contributed by atoms with van der Waals surface area (Å²) in [6, 6.07) is 8.08. The SMILES string of the molecule is O=C(c1cc2ccccc2oc1=O)n1cc([N+](=O)[O-])cn1. The van der Waals surface area contributed by atoms with Crippen molar-refractivity contribution < 1.29 is 14.1 Å². The molecule has 3 rings (SSSR count). The Morgan fingerprint density at radius 1 is 1.33 bits per heavy atom. The van der Waals surface area contributed by atoms with Gasteiger partial charge in [-0.3, -0.25) is 14.9 Å². The number of rotatable bonds is 2. The van der Waals surface area contributed by atoms with Gasteiger partial charge in [-0.1, -0.05) is 18.2 Å². The second-order valence-electron chi connectivity index (χ2n) is 4.19. The molecule has 8 heteroatoms. The summed E-state index contributed by atoms with van der Waals surface area (Å²) in [5.41, 5.74) is -1.05. The average Bonchev–Trinajstić information content (AvgIpc) is 2.96. The fraction of sp³-hybridized carbons (Fsp3) is 0. The topological polar surface area (TPSA) is 108 Å². The number of fused-ring (bicyclic) bond motifs is 1. The summed E-state index contributed by atoms with van der Waals surface area (Å²) in [4.78, 5) is 33.9. The Kier molecular flexibility index (Phi) is 2.83. The van der Waals surface area contributed by atoms with Crippen LogP contribution in [-0.4, -0.2) is 20.6 Å². The Morgan fingerprint density at radius 3 is 2.81 bits per heavy atom. The largest absolute Gasteiger partial charge is 0.422 e. The fourth-order valence-electron chi connectivity index (χ4n) is 1.85. The number of nitrogens with zero attached hydrogens (tertiary/aromatic N) is 3. The van der Waals surface area contributed by atoms with Gasteiger partial charge < -0.3 is 4.42 Å². The molecule has 0 spiro atoms. The maximum atomic E-state index is 12.2. The highest BCUT2D eigenvalue weighted by Crippen LogP contribution is 2.14. The molecule has 0 aliphatic carbocycles. The third-order valence-corrected chi connectivity index (χ3v) is 2.86. The molecule has 0 unspecified atom stereocenters. The first-order chi connectivity index (χ1) is 10.1. The number of carbonyl (C=O) groups excluding carboxylic acids is 1. The van der Waals surface area contributed by atoms with Gasteiger partial charge in [-0.25, -0.2) is 4.79 Å². The van der Waals surface area contributed by atoms with Gasteiger partial charge in [-0.2, -0.15) is 9.78 Å². The van der Waals surface area contributed by atoms with E-state index in [2.05, 4.69) is 5.10 Å². The number of benzene rings is 1. The molecule has 21 heavy (non-hydrogen) atoms. The van der Waals surface area contributed by atoms with Crippen LogP contribution in [0.5, 0.6) is 0 Å². The van der Waals surface area contributed by atoms with E-state index < -0.39 is 16.5 Å². The van der Waals surface area contributed by atoms with Gasteiger partial charge in [0.2, 0.25) is 0 Å². The van der Waals surface area contributed by atoms with Crippen LogP contribution in [0, 0.1) is 10.1 Å². The van der Waals surface area contributed by atoms with E-state index in [-0.39, 0.29) is 11.3 Å². The molecule has 104 valence electrons. The van der Waals surface area contributed by atoms with Crippen molar-refractivity contribution in [2.75, 3.05) is 0 Å². The smallest absolute Gasteiger partial charge is 0.349 e. The minimum absolute atomic E-state index is 0.244. The lowest BCUT2D eigenvalue weighted by molar-refractivity contribution is -0.384. The zero-order chi connectivity index (χ0) is 15.0. The minimum atomic E-state index is -0.822. The summed E-state index contributed by atoms with van der Waals surface area (Å²) in [6.45, 7) is 0. The van der Waals surface area contributed by atoms with E-state index in [1.807, 2.05) is 0 Å². The van der Waals surface area contributed by atoms with Crippen LogP contribution in [0.15, 0.2) is 51.9 Å². The number of hydrogen-bond acceptors (Lipinski definition) is 6. The van der Waals surface area contributed by atoms with Crippen LogP contribution < -0.4 is 5.63 Å². The van der Waals surface area contributed by atoms with Gasteiger partial charge in [0.15, 0.2) is 0 Å². The van der Waals surface area contributed by atoms with Gasteiger partial charge in [-0.05, 0) is 12.1 Å². The molecule has 0 saturated carbocycles. The van der Waals surface area contributed by atoms with E-state index in [0.717, 1.165) is 17.1 Å². The second-order valence-corrected chi connectivity index (χ2v) is 4.19. The summed E-state index contributed by atoms with van der Waals surface area (Å²) in [7, 11) is 0. The highest BCUT2D eigenvalue weighted by atomic mass is 16.6. The maximum absolute atomic E-state index is 12.2. The van der Waals surface area contributed by atoms with E-state index >= 15 is 0 Å². The van der Waals surface area contributed by atoms with Crippen molar-refractivity contribution in [3.8, 4) is 0 Å². The third kappa shape index (κ3) is 2.18. The lowest BCUT2D eigenvalue weighted by Gasteiger charge is -2.00. The third-order valence-electron chi connectivity index (χ3n) is 2.86. The van der Waals surface area contributed by atoms with E-state index in [1.165, 1.54) is 6.07 Å². The van der Waals surface area contributed by atoms with Crippen molar-refractivity contribution in [2.24, 2.45) is 0 Å². The first-order valence-corrected chi connectivity index (χ1v) is 5.83. The van der Waals surface area contributed by atoms with Gasteiger partial charge in [0.05, 0.1) is 4.92 Å². The molecule has 0 bridgehead atoms. The van der Waals surface area contributed by atoms with Crippen molar-refractivity contribution in [1.82, 2.24) is 9.78 Å². The quantitative estimate of drug-likeness (QED) is 0.402. The molecule has 0 radical (unpaired) electrons. The number of carbonyl (C=O) groups is 1. The molecule has 0 N–H and O–H groups in total. The van der Waals surface area contributed by atoms with Gasteiger partial charge in [0.1, 0.15) is 23.5 Å². The lowest BCUT2D eigenvalue weighted by Crippen LogP contribution is -2.20. The molecule has 2 heterocycles. The van der Waals surface area contributed by atoms with Crippen LogP contribution in [0.1, 0.15) is 10.4 Å². The lowest BCUT2D eigenvalue weighted by atomic mass is 10.2. The Bertz CT molecular complexity index is 925. The molecular weight excluding hydrogens is 278 g/mol. The molecule has 0 aliphatic rings. The zero-order valence-electron chi connectivity index (χ0n) is 10.4. The average molecular weight is 285 g/mol. The standard InChI is InChI=1S/C13H7N3O5/c17-12(15-7-9(6-14-15)16(19)20)10-5-8-3-1-2-4-11(8)21-13(10)18/h1-7H. The maximum Gasteiger partial charge on any atom is 0.349 e. The zero-order valence-corrected chi connectivity index (χ0v) is 10.4. The molecule has 8 nitrogen and oxygen atoms in total. The molecule has 3 aromatic rings. The van der Waals surface area contributed by atoms with Crippen molar-refractivity contribution in [3.05, 3.63) is 68.8 Å². The molecular formula is C13H7N3O5. The summed E-state index contributed by atoms with van der Waals surface area (Å²) in [6.07, 6.45) is 1.87. The Labute approximate surface area is 116 Å². The van der Waals surface area contributed by atoms with Gasteiger partial charge in [-0.15, -0.1) is 0 Å². The molecule has 0 atom stereocenters. The van der Waals surface area contributed by atoms with Crippen LogP contribution in [0.4, 0.5) is 5.69 Å². The monoisotopic (exact) mass is 285 g/mol. The Hall–Kier alpha value is -3.29. The van der Waals surface area contributed by atoms with E-state index in [1.54, 1.807) is 24.3 Å². The Morgan fingerprint density at radius 2 is 2.10 bits per heavy atom. The number of para-hydroxylation sites is 1. The number of hydrogen-bond donors (Lipinski definition) is 0. The molecule has 0 fully saturated rings. The number of nitro groups is 1. The molecule has 1 aromatic carbocycles. The summed E-state index contributed by atoms with van der Waals surface area (Å²) >= 11 is 0. The van der Waals surface area contributed by atoms with Crippen LogP contribution >= 0.6 is 0 Å². The normalized spacial score (nSPS) is 10.7. The van der Waals surface area contributed by atoms with Gasteiger partial charge in [0, 0.05) is 5.39 Å². The van der Waals surface area contributed by atoms with Crippen molar-refractivity contribution >= 4 is 22.6 Å². The number of aromatic nitrogens is 2. The first-order valence-electron chi connectivity index (χ1n) is 5.83. The van der Waals surface area contributed by atoms with Crippen molar-refractivity contribution in [1.29, 1.82) is 0 Å². The van der Waals surface area contributed by atoms with Gasteiger partial charge in [0.25, 0.3) is 5.91 Å². The highest BCUT2D eigenvalue weighted by molar-refractivity contribution is 5.97. The second kappa shape index (κ2) is 4.67. The summed E-state index contributed by atoms with van der Waals surface area (Å²) in [5, 5.41) is 14.7.